The molecule has 1 aromatic rings. The Kier molecular flexibility index (Phi) is 12.9. The Morgan fingerprint density at radius 3 is 1.49 bits per heavy atom. The van der Waals surface area contributed by atoms with E-state index in [0.29, 0.717) is 68.4 Å². The van der Waals surface area contributed by atoms with Crippen molar-refractivity contribution in [3.8, 4) is 11.5 Å². The fourth-order valence-electron chi connectivity index (χ4n) is 4.96. The largest absolute Gasteiger partial charge is 0.460 e. The molecule has 0 spiro atoms. The van der Waals surface area contributed by atoms with Crippen molar-refractivity contribution in [2.75, 3.05) is 13.2 Å². The molecule has 0 bridgehead atoms. The van der Waals surface area contributed by atoms with Crippen LogP contribution in [0.3, 0.4) is 0 Å². The molecule has 2 saturated carbocycles. The predicted molar refractivity (Wildman–Crippen MR) is 158 cm³/mol. The molecule has 1 aromatic carbocycles. The van der Waals surface area contributed by atoms with Crippen molar-refractivity contribution in [2.45, 2.75) is 84.3 Å². The third-order valence-corrected chi connectivity index (χ3v) is 7.53. The van der Waals surface area contributed by atoms with E-state index in [4.69, 9.17) is 28.4 Å². The van der Waals surface area contributed by atoms with E-state index in [0.717, 1.165) is 0 Å². The lowest BCUT2D eigenvalue weighted by Gasteiger charge is -2.27. The summed E-state index contributed by atoms with van der Waals surface area (Å²) in [6, 6.07) is 4.76. The second-order valence-corrected chi connectivity index (χ2v) is 11.4. The van der Waals surface area contributed by atoms with Gasteiger partial charge in [0.25, 0.3) is 0 Å². The highest BCUT2D eigenvalue weighted by Crippen LogP contribution is 2.31. The molecule has 2 aliphatic carbocycles. The van der Waals surface area contributed by atoms with Gasteiger partial charge in [0.2, 0.25) is 0 Å². The summed E-state index contributed by atoms with van der Waals surface area (Å²) in [5, 5.41) is 0. The molecule has 0 radical (unpaired) electrons. The molecule has 0 heterocycles. The fourth-order valence-corrected chi connectivity index (χ4v) is 4.96. The molecule has 45 heavy (non-hydrogen) atoms. The molecule has 0 unspecified atom stereocenters. The van der Waals surface area contributed by atoms with Crippen molar-refractivity contribution >= 4 is 35.8 Å². The smallest absolute Gasteiger partial charge is 0.344 e. The first-order valence-corrected chi connectivity index (χ1v) is 14.9. The van der Waals surface area contributed by atoms with Crippen molar-refractivity contribution in [1.82, 2.24) is 0 Å². The number of hydrogen-bond acceptors (Lipinski definition) is 12. The molecule has 2 fully saturated rings. The molecule has 0 saturated heterocycles. The van der Waals surface area contributed by atoms with Crippen LogP contribution in [0.4, 0.5) is 0 Å². The molecule has 244 valence electrons. The normalized spacial score (nSPS) is 21.0. The van der Waals surface area contributed by atoms with Gasteiger partial charge < -0.3 is 28.4 Å². The monoisotopic (exact) mass is 628 g/mol. The van der Waals surface area contributed by atoms with Crippen LogP contribution in [0.1, 0.15) is 70.8 Å². The van der Waals surface area contributed by atoms with Crippen LogP contribution in [0.2, 0.25) is 0 Å². The van der Waals surface area contributed by atoms with Gasteiger partial charge in [-0.05, 0) is 95.9 Å². The zero-order valence-electron chi connectivity index (χ0n) is 25.9. The molecule has 0 atom stereocenters. The van der Waals surface area contributed by atoms with E-state index < -0.39 is 49.0 Å². The summed E-state index contributed by atoms with van der Waals surface area (Å²) < 4.78 is 31.5. The van der Waals surface area contributed by atoms with Crippen molar-refractivity contribution in [3.05, 3.63) is 48.1 Å². The van der Waals surface area contributed by atoms with Gasteiger partial charge in [0.05, 0.1) is 11.8 Å². The highest BCUT2D eigenvalue weighted by molar-refractivity contribution is 5.89. The van der Waals surface area contributed by atoms with Crippen LogP contribution in [-0.2, 0) is 47.7 Å². The second-order valence-electron chi connectivity index (χ2n) is 11.4. The Morgan fingerprint density at radius 2 is 1.09 bits per heavy atom. The van der Waals surface area contributed by atoms with Gasteiger partial charge in [-0.3, -0.25) is 9.59 Å². The maximum Gasteiger partial charge on any atom is 0.344 e. The minimum absolute atomic E-state index is 0.187. The first kappa shape index (κ1) is 35.0. The molecule has 0 aliphatic heterocycles. The highest BCUT2D eigenvalue weighted by Gasteiger charge is 2.31. The molecule has 2 aliphatic rings. The van der Waals surface area contributed by atoms with Crippen LogP contribution in [0.15, 0.2) is 42.5 Å². The van der Waals surface area contributed by atoms with Gasteiger partial charge in [0.15, 0.2) is 13.2 Å². The first-order chi connectivity index (χ1) is 21.3. The van der Waals surface area contributed by atoms with Crippen LogP contribution in [0.25, 0.3) is 0 Å². The molecular weight excluding hydrogens is 588 g/mol. The number of carbonyl (C=O) groups excluding carboxylic acids is 6. The van der Waals surface area contributed by atoms with E-state index in [1.54, 1.807) is 25.1 Å². The molecule has 12 nitrogen and oxygen atoms in total. The SMILES string of the molecule is C=C(C)C(=O)OCC(=O)OC1CCC(C(=O)Oc2ccc(OC(=O)C3CCC(OC(=O)COC(=O)C(=C)C)CC3)c(C)c2)CC1. The summed E-state index contributed by atoms with van der Waals surface area (Å²) >= 11 is 0. The topological polar surface area (TPSA) is 158 Å². The van der Waals surface area contributed by atoms with Gasteiger partial charge in [0, 0.05) is 11.1 Å². The average molecular weight is 629 g/mol. The molecule has 3 rings (SSSR count). The molecule has 0 N–H and O–H groups in total. The third-order valence-electron chi connectivity index (χ3n) is 7.53. The van der Waals surface area contributed by atoms with Gasteiger partial charge in [-0.2, -0.15) is 0 Å². The lowest BCUT2D eigenvalue weighted by Crippen LogP contribution is -2.31. The van der Waals surface area contributed by atoms with Crippen molar-refractivity contribution in [1.29, 1.82) is 0 Å². The molecular formula is C33H40O12. The van der Waals surface area contributed by atoms with Crippen LogP contribution in [-0.4, -0.2) is 61.2 Å². The summed E-state index contributed by atoms with van der Waals surface area (Å²) in [7, 11) is 0. The van der Waals surface area contributed by atoms with Gasteiger partial charge in [-0.15, -0.1) is 0 Å². The number of carbonyl (C=O) groups is 6. The minimum atomic E-state index is -0.665. The van der Waals surface area contributed by atoms with Crippen molar-refractivity contribution in [2.24, 2.45) is 11.8 Å². The van der Waals surface area contributed by atoms with Gasteiger partial charge in [-0.1, -0.05) is 13.2 Å². The fraction of sp³-hybridized carbons (Fsp3) is 0.515. The summed E-state index contributed by atoms with van der Waals surface area (Å²) in [4.78, 5) is 72.3. The van der Waals surface area contributed by atoms with Gasteiger partial charge in [-0.25, -0.2) is 19.2 Å². The Labute approximate surface area is 262 Å². The van der Waals surface area contributed by atoms with E-state index in [9.17, 15) is 28.8 Å². The third kappa shape index (κ3) is 11.2. The second kappa shape index (κ2) is 16.6. The van der Waals surface area contributed by atoms with Crippen molar-refractivity contribution in [3.63, 3.8) is 0 Å². The van der Waals surface area contributed by atoms with Gasteiger partial charge >= 0.3 is 35.8 Å². The van der Waals surface area contributed by atoms with E-state index in [2.05, 4.69) is 13.2 Å². The summed E-state index contributed by atoms with van der Waals surface area (Å²) in [6.45, 7) is 10.6. The Balaban J connectivity index is 1.38. The molecule has 12 heteroatoms. The lowest BCUT2D eigenvalue weighted by molar-refractivity contribution is -0.162. The highest BCUT2D eigenvalue weighted by atomic mass is 16.6. The van der Waals surface area contributed by atoms with E-state index in [1.165, 1.54) is 13.8 Å². The van der Waals surface area contributed by atoms with Gasteiger partial charge in [0.1, 0.15) is 23.7 Å². The quantitative estimate of drug-likeness (QED) is 0.140. The number of benzene rings is 1. The Hall–Kier alpha value is -4.48. The van der Waals surface area contributed by atoms with Crippen LogP contribution >= 0.6 is 0 Å². The lowest BCUT2D eigenvalue weighted by atomic mass is 9.87. The van der Waals surface area contributed by atoms with E-state index in [-0.39, 0.29) is 35.2 Å². The number of rotatable bonds is 12. The summed E-state index contributed by atoms with van der Waals surface area (Å²) in [5.41, 5.74) is 0.989. The zero-order chi connectivity index (χ0) is 33.1. The summed E-state index contributed by atoms with van der Waals surface area (Å²) in [6.07, 6.45) is 3.05. The first-order valence-electron chi connectivity index (χ1n) is 14.9. The van der Waals surface area contributed by atoms with E-state index in [1.807, 2.05) is 0 Å². The minimum Gasteiger partial charge on any atom is -0.460 e. The number of ether oxygens (including phenoxy) is 6. The van der Waals surface area contributed by atoms with E-state index >= 15 is 0 Å². The molecule has 0 aromatic heterocycles. The number of hydrogen-bond donors (Lipinski definition) is 0. The number of aryl methyl sites for hydroxylation is 1. The zero-order valence-corrected chi connectivity index (χ0v) is 25.9. The van der Waals surface area contributed by atoms with Crippen molar-refractivity contribution < 1.29 is 57.2 Å². The maximum absolute atomic E-state index is 12.8. The maximum atomic E-state index is 12.8. The standard InChI is InChI=1S/C33H40O12/c1-19(2)30(36)40-17-28(34)42-24-10-6-22(7-11-24)32(38)44-26-14-15-27(21(5)16-26)45-33(39)23-8-12-25(13-9-23)43-29(35)18-41-31(37)20(3)4/h14-16,22-25H,1,3,6-13,17-18H2,2,4-5H3. The Morgan fingerprint density at radius 1 is 0.667 bits per heavy atom. The summed E-state index contributed by atoms with van der Waals surface area (Å²) in [5.74, 6) is -3.48. The average Bonchev–Trinajstić information content (AvgIpc) is 3.00. The predicted octanol–water partition coefficient (Wildman–Crippen LogP) is 4.25. The number of esters is 6. The molecule has 0 amide bonds. The van der Waals surface area contributed by atoms with Crippen LogP contribution in [0.5, 0.6) is 11.5 Å². The Bertz CT molecular complexity index is 1310. The van der Waals surface area contributed by atoms with Crippen LogP contribution < -0.4 is 9.47 Å². The van der Waals surface area contributed by atoms with Crippen LogP contribution in [0, 0.1) is 18.8 Å².